The fourth-order valence-electron chi connectivity index (χ4n) is 1.60. The third-order valence-corrected chi connectivity index (χ3v) is 2.86. The van der Waals surface area contributed by atoms with Crippen LogP contribution in [0.15, 0.2) is 42.2 Å². The normalized spacial score (nSPS) is 9.42. The molecule has 0 aliphatic rings. The molecule has 0 fully saturated rings. The summed E-state index contributed by atoms with van der Waals surface area (Å²) in [4.78, 5) is 0. The molecule has 0 N–H and O–H groups in total. The van der Waals surface area contributed by atoms with Crippen LogP contribution in [0.25, 0.3) is 6.08 Å². The molecule has 1 heterocycles. The van der Waals surface area contributed by atoms with E-state index in [2.05, 4.69) is 5.10 Å². The van der Waals surface area contributed by atoms with Gasteiger partial charge >= 0.3 is 0 Å². The van der Waals surface area contributed by atoms with Crippen LogP contribution in [0.2, 0.25) is 5.02 Å². The highest BCUT2D eigenvalue weighted by Gasteiger charge is 2.02. The molecule has 1 aromatic carbocycles. The number of rotatable bonds is 3. The molecule has 2 aromatic rings. The van der Waals surface area contributed by atoms with Gasteiger partial charge in [0.05, 0.1) is 12.7 Å². The van der Waals surface area contributed by atoms with Gasteiger partial charge in [0.1, 0.15) is 17.7 Å². The van der Waals surface area contributed by atoms with Gasteiger partial charge in [0.25, 0.3) is 0 Å². The number of nitriles is 2. The van der Waals surface area contributed by atoms with E-state index >= 15 is 0 Å². The van der Waals surface area contributed by atoms with Crippen LogP contribution in [0.1, 0.15) is 11.1 Å². The Morgan fingerprint density at radius 3 is 2.74 bits per heavy atom. The molecule has 19 heavy (non-hydrogen) atoms. The van der Waals surface area contributed by atoms with Gasteiger partial charge in [0.15, 0.2) is 0 Å². The third kappa shape index (κ3) is 3.22. The Hall–Kier alpha value is -2.56. The Morgan fingerprint density at radius 2 is 2.05 bits per heavy atom. The van der Waals surface area contributed by atoms with E-state index in [1.54, 1.807) is 17.1 Å². The predicted molar refractivity (Wildman–Crippen MR) is 72.0 cm³/mol. The minimum Gasteiger partial charge on any atom is -0.268 e. The van der Waals surface area contributed by atoms with Crippen molar-refractivity contribution >= 4 is 17.7 Å². The number of benzene rings is 1. The van der Waals surface area contributed by atoms with Gasteiger partial charge in [0.2, 0.25) is 0 Å². The average Bonchev–Trinajstić information content (AvgIpc) is 2.86. The van der Waals surface area contributed by atoms with Gasteiger partial charge in [-0.1, -0.05) is 29.8 Å². The van der Waals surface area contributed by atoms with Crippen LogP contribution in [0.3, 0.4) is 0 Å². The van der Waals surface area contributed by atoms with Crippen molar-refractivity contribution in [3.63, 3.8) is 0 Å². The zero-order valence-corrected chi connectivity index (χ0v) is 10.7. The Bertz CT molecular complexity index is 685. The first-order valence-electron chi connectivity index (χ1n) is 5.50. The van der Waals surface area contributed by atoms with Crippen LogP contribution in [0.4, 0.5) is 0 Å². The molecule has 0 atom stereocenters. The molecule has 0 bridgehead atoms. The lowest BCUT2D eigenvalue weighted by molar-refractivity contribution is 0.687. The first-order valence-corrected chi connectivity index (χ1v) is 5.88. The molecule has 0 unspecified atom stereocenters. The highest BCUT2D eigenvalue weighted by molar-refractivity contribution is 6.31. The summed E-state index contributed by atoms with van der Waals surface area (Å²) in [5, 5.41) is 22.2. The van der Waals surface area contributed by atoms with Crippen LogP contribution in [-0.2, 0) is 6.54 Å². The van der Waals surface area contributed by atoms with Crippen molar-refractivity contribution in [2.75, 3.05) is 0 Å². The smallest absolute Gasteiger partial charge is 0.130 e. The summed E-state index contributed by atoms with van der Waals surface area (Å²) in [5.41, 5.74) is 1.73. The molecular weight excluding hydrogens is 260 g/mol. The second-order valence-electron chi connectivity index (χ2n) is 3.84. The summed E-state index contributed by atoms with van der Waals surface area (Å²) in [5.74, 6) is 0. The molecule has 92 valence electrons. The lowest BCUT2D eigenvalue weighted by Crippen LogP contribution is -2.00. The predicted octanol–water partition coefficient (Wildman–Crippen LogP) is 3.02. The minimum atomic E-state index is 0.0530. The monoisotopic (exact) mass is 268 g/mol. The SMILES string of the molecule is N#CC(C#N)=Cc1cnn(Cc2ccccc2Cl)c1. The van der Waals surface area contributed by atoms with E-state index in [0.717, 1.165) is 5.56 Å². The van der Waals surface area contributed by atoms with E-state index in [1.807, 2.05) is 36.4 Å². The van der Waals surface area contributed by atoms with Crippen molar-refractivity contribution in [3.8, 4) is 12.1 Å². The Labute approximate surface area is 115 Å². The summed E-state index contributed by atoms with van der Waals surface area (Å²) >= 11 is 6.07. The molecule has 2 rings (SSSR count). The molecular formula is C14H9ClN4. The molecule has 0 saturated carbocycles. The van der Waals surface area contributed by atoms with Gasteiger partial charge in [-0.3, -0.25) is 4.68 Å². The van der Waals surface area contributed by atoms with Gasteiger partial charge in [-0.2, -0.15) is 15.6 Å². The molecule has 1 aromatic heterocycles. The fraction of sp³-hybridized carbons (Fsp3) is 0.0714. The first kappa shape index (κ1) is 12.9. The van der Waals surface area contributed by atoms with Crippen molar-refractivity contribution < 1.29 is 0 Å². The molecule has 5 heteroatoms. The van der Waals surface area contributed by atoms with Crippen LogP contribution in [-0.4, -0.2) is 9.78 Å². The molecule has 0 aliphatic carbocycles. The van der Waals surface area contributed by atoms with Crippen LogP contribution >= 0.6 is 11.6 Å². The number of hydrogen-bond donors (Lipinski definition) is 0. The van der Waals surface area contributed by atoms with Gasteiger partial charge < -0.3 is 0 Å². The number of hydrogen-bond acceptors (Lipinski definition) is 3. The Morgan fingerprint density at radius 1 is 1.32 bits per heavy atom. The maximum Gasteiger partial charge on any atom is 0.130 e. The van der Waals surface area contributed by atoms with E-state index in [9.17, 15) is 0 Å². The van der Waals surface area contributed by atoms with Gasteiger partial charge in [-0.15, -0.1) is 0 Å². The maximum atomic E-state index is 8.68. The number of allylic oxidation sites excluding steroid dienone is 1. The number of nitrogens with zero attached hydrogens (tertiary/aromatic N) is 4. The van der Waals surface area contributed by atoms with E-state index in [-0.39, 0.29) is 5.57 Å². The zero-order valence-electron chi connectivity index (χ0n) is 9.92. The summed E-state index contributed by atoms with van der Waals surface area (Å²) < 4.78 is 1.71. The highest BCUT2D eigenvalue weighted by atomic mass is 35.5. The van der Waals surface area contributed by atoms with E-state index < -0.39 is 0 Å². The third-order valence-electron chi connectivity index (χ3n) is 2.50. The van der Waals surface area contributed by atoms with Crippen molar-refractivity contribution in [3.05, 3.63) is 58.4 Å². The summed E-state index contributed by atoms with van der Waals surface area (Å²) in [6.45, 7) is 0.544. The summed E-state index contributed by atoms with van der Waals surface area (Å²) in [6.07, 6.45) is 4.86. The molecule has 4 nitrogen and oxygen atoms in total. The maximum absolute atomic E-state index is 8.68. The highest BCUT2D eigenvalue weighted by Crippen LogP contribution is 2.16. The fourth-order valence-corrected chi connectivity index (χ4v) is 1.79. The van der Waals surface area contributed by atoms with Crippen LogP contribution in [0, 0.1) is 22.7 Å². The second-order valence-corrected chi connectivity index (χ2v) is 4.25. The number of aromatic nitrogens is 2. The summed E-state index contributed by atoms with van der Waals surface area (Å²) in [6, 6.07) is 11.2. The van der Waals surface area contributed by atoms with Crippen molar-refractivity contribution in [2.24, 2.45) is 0 Å². The molecule has 0 saturated heterocycles. The second kappa shape index (κ2) is 5.86. The molecule has 0 amide bonds. The van der Waals surface area contributed by atoms with Crippen LogP contribution < -0.4 is 0 Å². The largest absolute Gasteiger partial charge is 0.268 e. The van der Waals surface area contributed by atoms with E-state index in [4.69, 9.17) is 22.1 Å². The summed E-state index contributed by atoms with van der Waals surface area (Å²) in [7, 11) is 0. The van der Waals surface area contributed by atoms with Gasteiger partial charge in [-0.05, 0) is 17.7 Å². The van der Waals surface area contributed by atoms with Gasteiger partial charge in [-0.25, -0.2) is 0 Å². The standard InChI is InChI=1S/C14H9ClN4/c15-14-4-2-1-3-13(14)10-19-9-12(8-18-19)5-11(6-16)7-17/h1-5,8-9H,10H2. The Balaban J connectivity index is 2.20. The topological polar surface area (TPSA) is 65.4 Å². The number of halogens is 1. The minimum absolute atomic E-state index is 0.0530. The quantitative estimate of drug-likeness (QED) is 0.804. The lowest BCUT2D eigenvalue weighted by Gasteiger charge is -2.03. The Kier molecular flexibility index (Phi) is 3.97. The zero-order chi connectivity index (χ0) is 13.7. The van der Waals surface area contributed by atoms with Crippen LogP contribution in [0.5, 0.6) is 0 Å². The van der Waals surface area contributed by atoms with Gasteiger partial charge in [0, 0.05) is 16.8 Å². The average molecular weight is 269 g/mol. The molecule has 0 spiro atoms. The van der Waals surface area contributed by atoms with Crippen molar-refractivity contribution in [2.45, 2.75) is 6.54 Å². The van der Waals surface area contributed by atoms with E-state index in [0.29, 0.717) is 17.1 Å². The van der Waals surface area contributed by atoms with Crippen molar-refractivity contribution in [1.29, 1.82) is 10.5 Å². The van der Waals surface area contributed by atoms with E-state index in [1.165, 1.54) is 6.08 Å². The lowest BCUT2D eigenvalue weighted by atomic mass is 10.2. The van der Waals surface area contributed by atoms with Crippen molar-refractivity contribution in [1.82, 2.24) is 9.78 Å². The first-order chi connectivity index (χ1) is 9.22. The molecule has 0 radical (unpaired) electrons. The molecule has 0 aliphatic heterocycles.